The zero-order chi connectivity index (χ0) is 17.7. The molecule has 6 nitrogen and oxygen atoms in total. The fourth-order valence-corrected chi connectivity index (χ4v) is 2.74. The van der Waals surface area contributed by atoms with E-state index in [0.717, 1.165) is 25.8 Å². The van der Waals surface area contributed by atoms with Crippen molar-refractivity contribution in [2.75, 3.05) is 26.7 Å². The zero-order valence-electron chi connectivity index (χ0n) is 15.5. The van der Waals surface area contributed by atoms with Gasteiger partial charge in [-0.3, -0.25) is 4.79 Å². The first-order valence-corrected chi connectivity index (χ1v) is 8.49. The smallest absolute Gasteiger partial charge is 0.410 e. The number of ether oxygens (including phenoxy) is 1. The maximum absolute atomic E-state index is 12.4. The highest BCUT2D eigenvalue weighted by Gasteiger charge is 2.31. The van der Waals surface area contributed by atoms with Crippen molar-refractivity contribution in [3.05, 3.63) is 0 Å². The lowest BCUT2D eigenvalue weighted by Crippen LogP contribution is -2.51. The van der Waals surface area contributed by atoms with Crippen LogP contribution >= 0.6 is 0 Å². The Morgan fingerprint density at radius 2 is 1.83 bits per heavy atom. The SMILES string of the molecule is CNC(=O)C(C)(C)CNCC1CCCCN1C(=O)OC(C)(C)C. The summed E-state index contributed by atoms with van der Waals surface area (Å²) in [5.74, 6) is 0.0117. The highest BCUT2D eigenvalue weighted by molar-refractivity contribution is 5.81. The average Bonchev–Trinajstić information content (AvgIpc) is 2.44. The van der Waals surface area contributed by atoms with E-state index in [1.807, 2.05) is 39.5 Å². The molecule has 0 saturated carbocycles. The van der Waals surface area contributed by atoms with Gasteiger partial charge in [-0.25, -0.2) is 4.79 Å². The minimum Gasteiger partial charge on any atom is -0.444 e. The van der Waals surface area contributed by atoms with Crippen LogP contribution in [0.1, 0.15) is 53.9 Å². The Morgan fingerprint density at radius 1 is 1.17 bits per heavy atom. The molecule has 0 radical (unpaired) electrons. The first-order chi connectivity index (χ1) is 10.6. The molecular weight excluding hydrogens is 294 g/mol. The standard InChI is InChI=1S/C17H33N3O3/c1-16(2,3)23-15(22)20-10-8-7-9-13(20)11-19-12-17(4,5)14(21)18-6/h13,19H,7-12H2,1-6H3,(H,18,21). The lowest BCUT2D eigenvalue weighted by atomic mass is 9.92. The van der Waals surface area contributed by atoms with E-state index in [1.165, 1.54) is 0 Å². The molecule has 1 saturated heterocycles. The van der Waals surface area contributed by atoms with Gasteiger partial charge >= 0.3 is 6.09 Å². The number of carbonyl (C=O) groups is 2. The van der Waals surface area contributed by atoms with Crippen LogP contribution in [0.15, 0.2) is 0 Å². The van der Waals surface area contributed by atoms with Gasteiger partial charge in [0.1, 0.15) is 5.60 Å². The first kappa shape index (κ1) is 19.7. The number of nitrogens with zero attached hydrogens (tertiary/aromatic N) is 1. The largest absolute Gasteiger partial charge is 0.444 e. The van der Waals surface area contributed by atoms with Gasteiger partial charge in [0, 0.05) is 32.7 Å². The third-order valence-corrected chi connectivity index (χ3v) is 4.04. The van der Waals surface area contributed by atoms with Gasteiger partial charge in [0.2, 0.25) is 5.91 Å². The maximum atomic E-state index is 12.4. The quantitative estimate of drug-likeness (QED) is 0.811. The van der Waals surface area contributed by atoms with E-state index in [9.17, 15) is 9.59 Å². The topological polar surface area (TPSA) is 70.7 Å². The van der Waals surface area contributed by atoms with Gasteiger partial charge in [0.25, 0.3) is 0 Å². The fourth-order valence-electron chi connectivity index (χ4n) is 2.74. The van der Waals surface area contributed by atoms with Gasteiger partial charge < -0.3 is 20.3 Å². The van der Waals surface area contributed by atoms with Gasteiger partial charge in [-0.1, -0.05) is 0 Å². The number of hydrogen-bond donors (Lipinski definition) is 2. The minimum absolute atomic E-state index is 0.0117. The summed E-state index contributed by atoms with van der Waals surface area (Å²) in [5, 5.41) is 6.03. The Labute approximate surface area is 140 Å². The maximum Gasteiger partial charge on any atom is 0.410 e. The van der Waals surface area contributed by atoms with Crippen LogP contribution < -0.4 is 10.6 Å². The first-order valence-electron chi connectivity index (χ1n) is 8.49. The highest BCUT2D eigenvalue weighted by Crippen LogP contribution is 2.20. The van der Waals surface area contributed by atoms with Crippen LogP contribution in [0, 0.1) is 5.41 Å². The van der Waals surface area contributed by atoms with E-state index >= 15 is 0 Å². The molecule has 2 amide bonds. The van der Waals surface area contributed by atoms with E-state index in [-0.39, 0.29) is 18.0 Å². The summed E-state index contributed by atoms with van der Waals surface area (Å²) in [7, 11) is 1.65. The third-order valence-electron chi connectivity index (χ3n) is 4.04. The molecule has 2 N–H and O–H groups in total. The lowest BCUT2D eigenvalue weighted by molar-refractivity contribution is -0.128. The van der Waals surface area contributed by atoms with Crippen LogP contribution in [0.2, 0.25) is 0 Å². The van der Waals surface area contributed by atoms with Crippen LogP contribution in [0.25, 0.3) is 0 Å². The molecule has 1 heterocycles. The summed E-state index contributed by atoms with van der Waals surface area (Å²) < 4.78 is 5.51. The summed E-state index contributed by atoms with van der Waals surface area (Å²) in [6.07, 6.45) is 2.85. The molecule has 0 spiro atoms. The van der Waals surface area contributed by atoms with Gasteiger partial charge in [0.15, 0.2) is 0 Å². The molecule has 23 heavy (non-hydrogen) atoms. The van der Waals surface area contributed by atoms with Crippen LogP contribution in [0.3, 0.4) is 0 Å². The summed E-state index contributed by atoms with van der Waals surface area (Å²) in [6, 6.07) is 0.124. The molecule has 1 rings (SSSR count). The number of rotatable bonds is 5. The van der Waals surface area contributed by atoms with Crippen LogP contribution in [-0.4, -0.2) is 55.2 Å². The lowest BCUT2D eigenvalue weighted by Gasteiger charge is -2.37. The zero-order valence-corrected chi connectivity index (χ0v) is 15.5. The van der Waals surface area contributed by atoms with Crippen molar-refractivity contribution < 1.29 is 14.3 Å². The number of likely N-dealkylation sites (tertiary alicyclic amines) is 1. The highest BCUT2D eigenvalue weighted by atomic mass is 16.6. The molecule has 0 aromatic heterocycles. The van der Waals surface area contributed by atoms with E-state index in [0.29, 0.717) is 13.1 Å². The molecule has 134 valence electrons. The van der Waals surface area contributed by atoms with E-state index in [4.69, 9.17) is 4.74 Å². The van der Waals surface area contributed by atoms with Crippen molar-refractivity contribution in [3.63, 3.8) is 0 Å². The molecule has 0 bridgehead atoms. The van der Waals surface area contributed by atoms with Crippen molar-refractivity contribution in [2.45, 2.75) is 65.5 Å². The number of piperidine rings is 1. The Balaban J connectivity index is 2.56. The third kappa shape index (κ3) is 6.37. The number of carbonyl (C=O) groups excluding carboxylic acids is 2. The molecular formula is C17H33N3O3. The fraction of sp³-hybridized carbons (Fsp3) is 0.882. The Morgan fingerprint density at radius 3 is 2.39 bits per heavy atom. The van der Waals surface area contributed by atoms with Gasteiger partial charge in [-0.2, -0.15) is 0 Å². The Kier molecular flexibility index (Phi) is 6.86. The molecule has 0 aromatic carbocycles. The summed E-state index contributed by atoms with van der Waals surface area (Å²) in [5.41, 5.74) is -0.951. The summed E-state index contributed by atoms with van der Waals surface area (Å²) >= 11 is 0. The second-order valence-corrected chi connectivity index (χ2v) is 7.92. The second-order valence-electron chi connectivity index (χ2n) is 7.92. The molecule has 0 aromatic rings. The number of hydrogen-bond acceptors (Lipinski definition) is 4. The van der Waals surface area contributed by atoms with Gasteiger partial charge in [-0.15, -0.1) is 0 Å². The predicted molar refractivity (Wildman–Crippen MR) is 91.3 cm³/mol. The molecule has 1 atom stereocenters. The van der Waals surface area contributed by atoms with Crippen molar-refractivity contribution in [1.82, 2.24) is 15.5 Å². The Hall–Kier alpha value is -1.30. The van der Waals surface area contributed by atoms with Gasteiger partial charge in [0.05, 0.1) is 5.41 Å². The number of amides is 2. The minimum atomic E-state index is -0.478. The predicted octanol–water partition coefficient (Wildman–Crippen LogP) is 2.14. The van der Waals surface area contributed by atoms with E-state index in [1.54, 1.807) is 7.05 Å². The van der Waals surface area contributed by atoms with E-state index in [2.05, 4.69) is 10.6 Å². The van der Waals surface area contributed by atoms with Crippen molar-refractivity contribution in [2.24, 2.45) is 5.41 Å². The normalized spacial score (nSPS) is 19.4. The van der Waals surface area contributed by atoms with Crippen molar-refractivity contribution in [1.29, 1.82) is 0 Å². The molecule has 1 fully saturated rings. The second kappa shape index (κ2) is 7.99. The molecule has 1 aliphatic heterocycles. The van der Waals surface area contributed by atoms with Crippen LogP contribution in [0.4, 0.5) is 4.79 Å². The van der Waals surface area contributed by atoms with Crippen molar-refractivity contribution >= 4 is 12.0 Å². The van der Waals surface area contributed by atoms with Crippen LogP contribution in [0.5, 0.6) is 0 Å². The molecule has 6 heteroatoms. The van der Waals surface area contributed by atoms with Gasteiger partial charge in [-0.05, 0) is 53.9 Å². The summed E-state index contributed by atoms with van der Waals surface area (Å²) in [6.45, 7) is 11.5. The molecule has 1 unspecified atom stereocenters. The number of nitrogens with one attached hydrogen (secondary N) is 2. The molecule has 0 aliphatic carbocycles. The Bertz CT molecular complexity index is 416. The van der Waals surface area contributed by atoms with E-state index < -0.39 is 11.0 Å². The van der Waals surface area contributed by atoms with Crippen molar-refractivity contribution in [3.8, 4) is 0 Å². The summed E-state index contributed by atoms with van der Waals surface area (Å²) in [4.78, 5) is 26.0. The molecule has 1 aliphatic rings. The monoisotopic (exact) mass is 327 g/mol. The average molecular weight is 327 g/mol. The van der Waals surface area contributed by atoms with Crippen LogP contribution in [-0.2, 0) is 9.53 Å².